The fourth-order valence-corrected chi connectivity index (χ4v) is 2.30. The number of esters is 1. The van der Waals surface area contributed by atoms with Crippen molar-refractivity contribution in [3.63, 3.8) is 0 Å². The predicted octanol–water partition coefficient (Wildman–Crippen LogP) is 1.82. The van der Waals surface area contributed by atoms with Crippen molar-refractivity contribution in [2.75, 3.05) is 12.4 Å². The summed E-state index contributed by atoms with van der Waals surface area (Å²) >= 11 is 0. The average Bonchev–Trinajstić information content (AvgIpc) is 3.12. The summed E-state index contributed by atoms with van der Waals surface area (Å²) < 4.78 is 4.64. The Labute approximate surface area is 121 Å². The molecule has 6 nitrogen and oxygen atoms in total. The topological polar surface area (TPSA) is 84.1 Å². The van der Waals surface area contributed by atoms with Gasteiger partial charge in [-0.15, -0.1) is 0 Å². The summed E-state index contributed by atoms with van der Waals surface area (Å²) in [5, 5.41) is 2.83. The van der Waals surface area contributed by atoms with Crippen LogP contribution in [0.25, 0.3) is 11.4 Å². The van der Waals surface area contributed by atoms with Gasteiger partial charge in [0, 0.05) is 23.6 Å². The number of ether oxygens (including phenoxy) is 1. The van der Waals surface area contributed by atoms with Crippen molar-refractivity contribution < 1.29 is 14.3 Å². The first-order valence-corrected chi connectivity index (χ1v) is 6.67. The quantitative estimate of drug-likeness (QED) is 0.839. The summed E-state index contributed by atoms with van der Waals surface area (Å²) in [6, 6.07) is 7.40. The summed E-state index contributed by atoms with van der Waals surface area (Å²) in [7, 11) is 1.34. The van der Waals surface area contributed by atoms with Gasteiger partial charge in [0.05, 0.1) is 18.9 Å². The molecule has 21 heavy (non-hydrogen) atoms. The van der Waals surface area contributed by atoms with Gasteiger partial charge in [-0.3, -0.25) is 9.59 Å². The molecule has 0 aliphatic heterocycles. The van der Waals surface area contributed by atoms with Gasteiger partial charge in [-0.1, -0.05) is 12.1 Å². The lowest BCUT2D eigenvalue weighted by Crippen LogP contribution is -2.17. The number of methoxy groups -OCH3 is 1. The van der Waals surface area contributed by atoms with Crippen molar-refractivity contribution in [1.29, 1.82) is 0 Å². The number of anilines is 1. The van der Waals surface area contributed by atoms with Gasteiger partial charge in [0.15, 0.2) is 0 Å². The van der Waals surface area contributed by atoms with Crippen LogP contribution in [-0.4, -0.2) is 29.0 Å². The van der Waals surface area contributed by atoms with Crippen molar-refractivity contribution in [2.45, 2.75) is 6.42 Å². The van der Waals surface area contributed by atoms with Crippen LogP contribution in [-0.2, 0) is 14.3 Å². The Hall–Kier alpha value is -2.63. The zero-order valence-corrected chi connectivity index (χ0v) is 11.5. The molecule has 1 amide bonds. The van der Waals surface area contributed by atoms with Gasteiger partial charge in [-0.2, -0.15) is 0 Å². The van der Waals surface area contributed by atoms with Crippen molar-refractivity contribution in [3.05, 3.63) is 36.7 Å². The second kappa shape index (κ2) is 5.40. The maximum Gasteiger partial charge on any atom is 0.309 e. The minimum atomic E-state index is -0.320. The van der Waals surface area contributed by atoms with E-state index in [0.717, 1.165) is 11.4 Å². The van der Waals surface area contributed by atoms with Gasteiger partial charge in [0.2, 0.25) is 5.91 Å². The zero-order chi connectivity index (χ0) is 14.8. The molecule has 1 heterocycles. The predicted molar refractivity (Wildman–Crippen MR) is 76.3 cm³/mol. The molecule has 2 aromatic rings. The van der Waals surface area contributed by atoms with Crippen LogP contribution in [0.1, 0.15) is 6.42 Å². The monoisotopic (exact) mass is 285 g/mol. The third kappa shape index (κ3) is 2.79. The van der Waals surface area contributed by atoms with E-state index in [1.165, 1.54) is 7.11 Å². The van der Waals surface area contributed by atoms with E-state index in [2.05, 4.69) is 20.0 Å². The lowest BCUT2D eigenvalue weighted by atomic mass is 10.2. The maximum atomic E-state index is 12.1. The van der Waals surface area contributed by atoms with Crippen LogP contribution in [0.2, 0.25) is 0 Å². The lowest BCUT2D eigenvalue weighted by molar-refractivity contribution is -0.143. The Morgan fingerprint density at radius 2 is 2.24 bits per heavy atom. The van der Waals surface area contributed by atoms with Gasteiger partial charge in [-0.05, 0) is 18.6 Å². The van der Waals surface area contributed by atoms with Gasteiger partial charge in [-0.25, -0.2) is 4.98 Å². The molecule has 0 radical (unpaired) electrons. The molecule has 1 aromatic heterocycles. The first kappa shape index (κ1) is 13.4. The van der Waals surface area contributed by atoms with Crippen molar-refractivity contribution in [1.82, 2.24) is 9.97 Å². The molecule has 6 heteroatoms. The van der Waals surface area contributed by atoms with Crippen LogP contribution < -0.4 is 5.32 Å². The van der Waals surface area contributed by atoms with E-state index >= 15 is 0 Å². The molecule has 0 unspecified atom stereocenters. The molecule has 2 N–H and O–H groups in total. The number of benzene rings is 1. The third-order valence-corrected chi connectivity index (χ3v) is 3.53. The van der Waals surface area contributed by atoms with Crippen molar-refractivity contribution in [2.24, 2.45) is 11.8 Å². The van der Waals surface area contributed by atoms with Crippen LogP contribution in [0.15, 0.2) is 36.7 Å². The van der Waals surface area contributed by atoms with Crippen molar-refractivity contribution >= 4 is 17.6 Å². The highest BCUT2D eigenvalue weighted by Gasteiger charge is 2.48. The lowest BCUT2D eigenvalue weighted by Gasteiger charge is -2.06. The van der Waals surface area contributed by atoms with E-state index in [1.807, 2.05) is 18.2 Å². The van der Waals surface area contributed by atoms with Crippen LogP contribution in [0, 0.1) is 11.8 Å². The minimum absolute atomic E-state index is 0.151. The van der Waals surface area contributed by atoms with Gasteiger partial charge < -0.3 is 15.0 Å². The Bertz CT molecular complexity index is 667. The van der Waals surface area contributed by atoms with E-state index in [-0.39, 0.29) is 23.7 Å². The molecule has 1 aliphatic rings. The highest BCUT2D eigenvalue weighted by atomic mass is 16.5. The smallest absolute Gasteiger partial charge is 0.309 e. The molecule has 108 valence electrons. The zero-order valence-electron chi connectivity index (χ0n) is 11.5. The van der Waals surface area contributed by atoms with Crippen LogP contribution in [0.4, 0.5) is 5.69 Å². The summed E-state index contributed by atoms with van der Waals surface area (Å²) in [5.74, 6) is -0.320. The Morgan fingerprint density at radius 3 is 2.95 bits per heavy atom. The first-order valence-electron chi connectivity index (χ1n) is 6.67. The van der Waals surface area contributed by atoms with E-state index < -0.39 is 0 Å². The number of aromatic amines is 1. The normalized spacial score (nSPS) is 19.9. The van der Waals surface area contributed by atoms with E-state index in [4.69, 9.17) is 0 Å². The van der Waals surface area contributed by atoms with Crippen LogP contribution in [0.5, 0.6) is 0 Å². The van der Waals surface area contributed by atoms with Crippen molar-refractivity contribution in [3.8, 4) is 11.4 Å². The minimum Gasteiger partial charge on any atom is -0.469 e. The van der Waals surface area contributed by atoms with Gasteiger partial charge >= 0.3 is 5.97 Å². The van der Waals surface area contributed by atoms with Crippen LogP contribution >= 0.6 is 0 Å². The summed E-state index contributed by atoms with van der Waals surface area (Å²) in [5.41, 5.74) is 1.57. The highest BCUT2D eigenvalue weighted by Crippen LogP contribution is 2.40. The number of hydrogen-bond acceptors (Lipinski definition) is 4. The number of nitrogens with zero attached hydrogens (tertiary/aromatic N) is 1. The number of amides is 1. The molecule has 3 rings (SSSR count). The third-order valence-electron chi connectivity index (χ3n) is 3.53. The molecule has 1 fully saturated rings. The van der Waals surface area contributed by atoms with E-state index in [0.29, 0.717) is 12.1 Å². The fraction of sp³-hybridized carbons (Fsp3) is 0.267. The molecule has 1 aromatic carbocycles. The second-order valence-corrected chi connectivity index (χ2v) is 4.98. The molecule has 1 aliphatic carbocycles. The largest absolute Gasteiger partial charge is 0.469 e. The fourth-order valence-electron chi connectivity index (χ4n) is 2.30. The number of carbonyl (C=O) groups excluding carboxylic acids is 2. The Morgan fingerprint density at radius 1 is 1.38 bits per heavy atom. The molecular formula is C15H15N3O3. The highest BCUT2D eigenvalue weighted by molar-refractivity contribution is 5.98. The number of imidazole rings is 1. The summed E-state index contributed by atoms with van der Waals surface area (Å²) in [4.78, 5) is 30.6. The summed E-state index contributed by atoms with van der Waals surface area (Å²) in [6.07, 6.45) is 3.97. The number of carbonyl (C=O) groups is 2. The second-order valence-electron chi connectivity index (χ2n) is 4.98. The summed E-state index contributed by atoms with van der Waals surface area (Å²) in [6.45, 7) is 0. The van der Waals surface area contributed by atoms with Gasteiger partial charge in [0.1, 0.15) is 5.82 Å². The van der Waals surface area contributed by atoms with E-state index in [1.54, 1.807) is 18.5 Å². The van der Waals surface area contributed by atoms with Crippen LogP contribution in [0.3, 0.4) is 0 Å². The van der Waals surface area contributed by atoms with Gasteiger partial charge in [0.25, 0.3) is 0 Å². The molecule has 1 saturated carbocycles. The average molecular weight is 285 g/mol. The molecule has 0 saturated heterocycles. The Balaban J connectivity index is 1.67. The first-order chi connectivity index (χ1) is 10.2. The maximum absolute atomic E-state index is 12.1. The molecular weight excluding hydrogens is 270 g/mol. The number of nitrogens with one attached hydrogen (secondary N) is 2. The van der Waals surface area contributed by atoms with E-state index in [9.17, 15) is 9.59 Å². The molecule has 0 spiro atoms. The SMILES string of the molecule is COC(=O)[C@@H]1C[C@H]1C(=O)Nc1cccc(-c2ncc[nH]2)c1. The molecule has 0 bridgehead atoms. The number of aromatic nitrogens is 2. The number of hydrogen-bond donors (Lipinski definition) is 2. The molecule has 2 atom stereocenters. The number of H-pyrrole nitrogens is 1. The Kier molecular flexibility index (Phi) is 3.43. The standard InChI is InChI=1S/C15H15N3O3/c1-21-15(20)12-8-11(12)14(19)18-10-4-2-3-9(7-10)13-16-5-6-17-13/h2-7,11-12H,8H2,1H3,(H,16,17)(H,18,19)/t11-,12-/m1/s1. The number of rotatable bonds is 4.